The van der Waals surface area contributed by atoms with Crippen molar-refractivity contribution in [3.8, 4) is 0 Å². The van der Waals surface area contributed by atoms with Crippen molar-refractivity contribution in [3.63, 3.8) is 0 Å². The number of rotatable bonds is 6. The van der Waals surface area contributed by atoms with Crippen molar-refractivity contribution >= 4 is 5.97 Å². The third-order valence-electron chi connectivity index (χ3n) is 4.39. The van der Waals surface area contributed by atoms with Crippen LogP contribution in [0.2, 0.25) is 0 Å². The highest BCUT2D eigenvalue weighted by Gasteiger charge is 2.54. The van der Waals surface area contributed by atoms with Crippen LogP contribution in [0.15, 0.2) is 12.2 Å². The lowest BCUT2D eigenvalue weighted by Crippen LogP contribution is -2.53. The molecule has 0 aromatic carbocycles. The highest BCUT2D eigenvalue weighted by molar-refractivity contribution is 5.87. The van der Waals surface area contributed by atoms with E-state index in [4.69, 9.17) is 9.47 Å². The number of hydrogen-bond acceptors (Lipinski definition) is 4. The summed E-state index contributed by atoms with van der Waals surface area (Å²) in [5.74, 6) is -0.773. The SMILES string of the molecule is C=C(C)C(=O)OC1CCCC1(OCC(C)(O)C(F)(F)F)C(C)C. The topological polar surface area (TPSA) is 55.8 Å². The van der Waals surface area contributed by atoms with Crippen LogP contribution in [0.25, 0.3) is 0 Å². The van der Waals surface area contributed by atoms with Gasteiger partial charge >= 0.3 is 12.1 Å². The lowest BCUT2D eigenvalue weighted by atomic mass is 9.86. The summed E-state index contributed by atoms with van der Waals surface area (Å²) in [4.78, 5) is 11.8. The van der Waals surface area contributed by atoms with Gasteiger partial charge in [-0.15, -0.1) is 0 Å². The van der Waals surface area contributed by atoms with Crippen molar-refractivity contribution in [2.24, 2.45) is 5.92 Å². The third-order valence-corrected chi connectivity index (χ3v) is 4.39. The molecular formula is C16H25F3O4. The number of alkyl halides is 3. The molecule has 0 aromatic heterocycles. The summed E-state index contributed by atoms with van der Waals surface area (Å²) in [7, 11) is 0. The number of carbonyl (C=O) groups is 1. The summed E-state index contributed by atoms with van der Waals surface area (Å²) in [6, 6.07) is 0. The van der Waals surface area contributed by atoms with Gasteiger partial charge in [0.15, 0.2) is 5.60 Å². The molecule has 1 rings (SSSR count). The molecule has 1 saturated carbocycles. The fraction of sp³-hybridized carbons (Fsp3) is 0.812. The van der Waals surface area contributed by atoms with Crippen molar-refractivity contribution in [2.75, 3.05) is 6.61 Å². The lowest BCUT2D eigenvalue weighted by Gasteiger charge is -2.40. The molecule has 1 aliphatic rings. The van der Waals surface area contributed by atoms with Gasteiger partial charge in [-0.3, -0.25) is 0 Å². The van der Waals surface area contributed by atoms with Crippen LogP contribution in [0.5, 0.6) is 0 Å². The van der Waals surface area contributed by atoms with Gasteiger partial charge in [0, 0.05) is 5.57 Å². The maximum absolute atomic E-state index is 12.8. The van der Waals surface area contributed by atoms with Crippen molar-refractivity contribution in [3.05, 3.63) is 12.2 Å². The van der Waals surface area contributed by atoms with E-state index < -0.39 is 36.1 Å². The molecule has 0 amide bonds. The minimum Gasteiger partial charge on any atom is -0.456 e. The Labute approximate surface area is 134 Å². The second kappa shape index (κ2) is 6.81. The van der Waals surface area contributed by atoms with E-state index in [0.717, 1.165) is 0 Å². The van der Waals surface area contributed by atoms with E-state index in [1.54, 1.807) is 13.8 Å². The van der Waals surface area contributed by atoms with Crippen LogP contribution >= 0.6 is 0 Å². The fourth-order valence-corrected chi connectivity index (χ4v) is 2.71. The Morgan fingerprint density at radius 3 is 2.43 bits per heavy atom. The Morgan fingerprint density at radius 2 is 2.00 bits per heavy atom. The molecule has 1 fully saturated rings. The summed E-state index contributed by atoms with van der Waals surface area (Å²) in [5, 5.41) is 9.59. The molecule has 1 N–H and O–H groups in total. The molecule has 23 heavy (non-hydrogen) atoms. The van der Waals surface area contributed by atoms with E-state index in [1.165, 1.54) is 6.92 Å². The first kappa shape index (κ1) is 20.0. The second-order valence-electron chi connectivity index (χ2n) is 6.74. The largest absolute Gasteiger partial charge is 0.456 e. The Hall–Kier alpha value is -1.08. The minimum absolute atomic E-state index is 0.183. The predicted octanol–water partition coefficient (Wildman–Crippen LogP) is 3.38. The van der Waals surface area contributed by atoms with E-state index >= 15 is 0 Å². The van der Waals surface area contributed by atoms with E-state index in [-0.39, 0.29) is 11.5 Å². The van der Waals surface area contributed by atoms with Crippen LogP contribution in [-0.2, 0) is 14.3 Å². The molecule has 0 radical (unpaired) electrons. The fourth-order valence-electron chi connectivity index (χ4n) is 2.71. The molecule has 0 aromatic rings. The molecule has 134 valence electrons. The van der Waals surface area contributed by atoms with Crippen molar-refractivity contribution < 1.29 is 32.5 Å². The molecule has 1 aliphatic carbocycles. The molecule has 3 atom stereocenters. The van der Waals surface area contributed by atoms with Crippen LogP contribution < -0.4 is 0 Å². The van der Waals surface area contributed by atoms with Crippen LogP contribution in [0.1, 0.15) is 47.0 Å². The molecule has 0 aliphatic heterocycles. The van der Waals surface area contributed by atoms with Gasteiger partial charge < -0.3 is 14.6 Å². The Bertz CT molecular complexity index is 457. The van der Waals surface area contributed by atoms with Gasteiger partial charge in [0.1, 0.15) is 11.7 Å². The summed E-state index contributed by atoms with van der Waals surface area (Å²) >= 11 is 0. The lowest BCUT2D eigenvalue weighted by molar-refractivity contribution is -0.284. The van der Waals surface area contributed by atoms with Gasteiger partial charge in [-0.1, -0.05) is 20.4 Å². The smallest absolute Gasteiger partial charge is 0.419 e. The van der Waals surface area contributed by atoms with Crippen LogP contribution in [-0.4, -0.2) is 41.2 Å². The van der Waals surface area contributed by atoms with Crippen LogP contribution in [0.3, 0.4) is 0 Å². The molecule has 0 spiro atoms. The van der Waals surface area contributed by atoms with Gasteiger partial charge in [-0.05, 0) is 39.0 Å². The number of aliphatic hydroxyl groups is 1. The van der Waals surface area contributed by atoms with E-state index in [2.05, 4.69) is 6.58 Å². The Kier molecular flexibility index (Phi) is 5.91. The second-order valence-corrected chi connectivity index (χ2v) is 6.74. The van der Waals surface area contributed by atoms with Crippen molar-refractivity contribution in [1.29, 1.82) is 0 Å². The van der Waals surface area contributed by atoms with Crippen molar-refractivity contribution in [2.45, 2.75) is 70.4 Å². The zero-order chi connectivity index (χ0) is 18.1. The summed E-state index contributed by atoms with van der Waals surface area (Å²) in [6.45, 7) is 8.37. The molecule has 3 unspecified atom stereocenters. The molecule has 7 heteroatoms. The predicted molar refractivity (Wildman–Crippen MR) is 78.7 cm³/mol. The van der Waals surface area contributed by atoms with Crippen molar-refractivity contribution in [1.82, 2.24) is 0 Å². The van der Waals surface area contributed by atoms with Gasteiger partial charge in [-0.25, -0.2) is 4.79 Å². The normalized spacial score (nSPS) is 27.8. The molecular weight excluding hydrogens is 313 g/mol. The zero-order valence-electron chi connectivity index (χ0n) is 14.0. The summed E-state index contributed by atoms with van der Waals surface area (Å²) in [6.07, 6.45) is -3.82. The molecule has 4 nitrogen and oxygen atoms in total. The standard InChI is InChI=1S/C16H25F3O4/c1-10(2)13(20)23-12-7-6-8-15(12,11(3)4)22-9-14(5,21)16(17,18)19/h11-12,21H,1,6-9H2,2-5H3. The maximum atomic E-state index is 12.8. The number of carbonyl (C=O) groups excluding carboxylic acids is 1. The summed E-state index contributed by atoms with van der Waals surface area (Å²) in [5.41, 5.74) is -3.78. The highest BCUT2D eigenvalue weighted by atomic mass is 19.4. The quantitative estimate of drug-likeness (QED) is 0.596. The van der Waals surface area contributed by atoms with Gasteiger partial charge in [0.25, 0.3) is 0 Å². The highest BCUT2D eigenvalue weighted by Crippen LogP contribution is 2.43. The van der Waals surface area contributed by atoms with Gasteiger partial charge in [0.05, 0.1) is 6.61 Å². The Morgan fingerprint density at radius 1 is 1.43 bits per heavy atom. The summed E-state index contributed by atoms with van der Waals surface area (Å²) < 4.78 is 49.4. The van der Waals surface area contributed by atoms with E-state index in [0.29, 0.717) is 26.2 Å². The number of hydrogen-bond donors (Lipinski definition) is 1. The van der Waals surface area contributed by atoms with Crippen LogP contribution in [0.4, 0.5) is 13.2 Å². The van der Waals surface area contributed by atoms with Gasteiger partial charge in [-0.2, -0.15) is 13.2 Å². The first-order valence-corrected chi connectivity index (χ1v) is 7.63. The molecule has 0 heterocycles. The minimum atomic E-state index is -4.80. The van der Waals surface area contributed by atoms with Gasteiger partial charge in [0.2, 0.25) is 0 Å². The zero-order valence-corrected chi connectivity index (χ0v) is 14.0. The van der Waals surface area contributed by atoms with E-state index in [1.807, 2.05) is 0 Å². The average Bonchev–Trinajstić information content (AvgIpc) is 2.79. The number of esters is 1. The number of ether oxygens (including phenoxy) is 2. The third kappa shape index (κ3) is 4.26. The first-order chi connectivity index (χ1) is 10.3. The molecule has 0 bridgehead atoms. The number of halogens is 3. The average molecular weight is 338 g/mol. The monoisotopic (exact) mass is 338 g/mol. The van der Waals surface area contributed by atoms with Crippen LogP contribution in [0, 0.1) is 5.92 Å². The maximum Gasteiger partial charge on any atom is 0.419 e. The first-order valence-electron chi connectivity index (χ1n) is 7.63. The van der Waals surface area contributed by atoms with E-state index in [9.17, 15) is 23.1 Å². The molecule has 0 saturated heterocycles. The Balaban J connectivity index is 2.94.